The Morgan fingerprint density at radius 1 is 1.24 bits per heavy atom. The third-order valence-corrected chi connectivity index (χ3v) is 4.57. The van der Waals surface area contributed by atoms with Crippen molar-refractivity contribution < 1.29 is 22.8 Å². The zero-order chi connectivity index (χ0) is 16.0. The van der Waals surface area contributed by atoms with Crippen molar-refractivity contribution in [2.75, 3.05) is 37.6 Å². The van der Waals surface area contributed by atoms with Gasteiger partial charge in [0.05, 0.1) is 31.0 Å². The molecule has 1 rings (SSSR count). The Morgan fingerprint density at radius 2 is 1.81 bits per heavy atom. The summed E-state index contributed by atoms with van der Waals surface area (Å²) < 4.78 is 32.9. The first-order valence-electron chi connectivity index (χ1n) is 6.19. The van der Waals surface area contributed by atoms with Crippen LogP contribution in [0.3, 0.4) is 0 Å². The quantitative estimate of drug-likeness (QED) is 0.571. The number of nitro groups is 1. The van der Waals surface area contributed by atoms with E-state index in [0.717, 1.165) is 0 Å². The highest BCUT2D eigenvalue weighted by atomic mass is 32.2. The lowest BCUT2D eigenvalue weighted by Gasteiger charge is -2.12. The summed E-state index contributed by atoms with van der Waals surface area (Å²) in [6, 6.07) is 2.64. The second-order valence-corrected chi connectivity index (χ2v) is 6.62. The lowest BCUT2D eigenvalue weighted by molar-refractivity contribution is -0.384. The van der Waals surface area contributed by atoms with Crippen molar-refractivity contribution in [1.82, 2.24) is 0 Å². The van der Waals surface area contributed by atoms with E-state index in [1.54, 1.807) is 6.92 Å². The summed E-state index contributed by atoms with van der Waals surface area (Å²) in [4.78, 5) is 10.5. The zero-order valence-electron chi connectivity index (χ0n) is 12.1. The third-order valence-electron chi connectivity index (χ3n) is 2.87. The maximum Gasteiger partial charge on any atom is 0.296 e. The molecule has 1 aromatic carbocycles. The topological polar surface area (TPSA) is 108 Å². The van der Waals surface area contributed by atoms with Crippen LogP contribution in [0.2, 0.25) is 0 Å². The molecule has 0 atom stereocenters. The van der Waals surface area contributed by atoms with E-state index in [0.29, 0.717) is 5.75 Å². The highest BCUT2D eigenvalue weighted by Gasteiger charge is 2.19. The molecule has 0 fully saturated rings. The van der Waals surface area contributed by atoms with Crippen molar-refractivity contribution in [3.8, 4) is 11.5 Å². The molecule has 0 aliphatic heterocycles. The highest BCUT2D eigenvalue weighted by molar-refractivity contribution is 7.91. The fourth-order valence-electron chi connectivity index (χ4n) is 1.65. The molecule has 0 bridgehead atoms. The summed E-state index contributed by atoms with van der Waals surface area (Å²) in [6.07, 6.45) is 0. The molecule has 0 aliphatic rings. The zero-order valence-corrected chi connectivity index (χ0v) is 12.9. The van der Waals surface area contributed by atoms with Crippen molar-refractivity contribution in [3.05, 3.63) is 22.2 Å². The largest absolute Gasteiger partial charge is 0.493 e. The lowest BCUT2D eigenvalue weighted by Crippen LogP contribution is -2.17. The molecule has 8 nitrogen and oxygen atoms in total. The molecule has 0 unspecified atom stereocenters. The monoisotopic (exact) mass is 318 g/mol. The van der Waals surface area contributed by atoms with Crippen LogP contribution in [0.15, 0.2) is 12.1 Å². The highest BCUT2D eigenvalue weighted by Crippen LogP contribution is 2.37. The van der Waals surface area contributed by atoms with Crippen molar-refractivity contribution in [3.63, 3.8) is 0 Å². The van der Waals surface area contributed by atoms with Gasteiger partial charge < -0.3 is 14.8 Å². The van der Waals surface area contributed by atoms with E-state index in [9.17, 15) is 18.5 Å². The molecule has 0 heterocycles. The van der Waals surface area contributed by atoms with Crippen LogP contribution in [0.5, 0.6) is 11.5 Å². The van der Waals surface area contributed by atoms with Gasteiger partial charge in [-0.2, -0.15) is 0 Å². The Kier molecular flexibility index (Phi) is 5.77. The molecule has 118 valence electrons. The first kappa shape index (κ1) is 17.0. The Labute approximate surface area is 123 Å². The Hall–Kier alpha value is -2.03. The minimum Gasteiger partial charge on any atom is -0.493 e. The third kappa shape index (κ3) is 4.48. The SMILES string of the molecule is CCS(=O)(=O)CCNc1cc(OC)c(OC)cc1[N+](=O)[O-]. The number of ether oxygens (including phenoxy) is 2. The first-order chi connectivity index (χ1) is 9.84. The predicted molar refractivity (Wildman–Crippen MR) is 79.0 cm³/mol. The van der Waals surface area contributed by atoms with Crippen LogP contribution in [0.1, 0.15) is 6.92 Å². The molecule has 0 aromatic heterocycles. The van der Waals surface area contributed by atoms with E-state index in [1.165, 1.54) is 26.4 Å². The summed E-state index contributed by atoms with van der Waals surface area (Å²) in [5, 5.41) is 13.8. The molecular weight excluding hydrogens is 300 g/mol. The number of hydrogen-bond acceptors (Lipinski definition) is 7. The standard InChI is InChI=1S/C12H18N2O6S/c1-4-21(17,18)6-5-13-9-7-11(19-2)12(20-3)8-10(9)14(15)16/h7-8,13H,4-6H2,1-3H3. The Morgan fingerprint density at radius 3 is 2.29 bits per heavy atom. The van der Waals surface area contributed by atoms with E-state index < -0.39 is 14.8 Å². The number of sulfone groups is 1. The van der Waals surface area contributed by atoms with Gasteiger partial charge in [0, 0.05) is 18.4 Å². The number of nitro benzene ring substituents is 1. The molecule has 1 N–H and O–H groups in total. The molecule has 0 saturated carbocycles. The fraction of sp³-hybridized carbons (Fsp3) is 0.500. The smallest absolute Gasteiger partial charge is 0.296 e. The first-order valence-corrected chi connectivity index (χ1v) is 8.01. The van der Waals surface area contributed by atoms with Crippen LogP contribution < -0.4 is 14.8 Å². The molecule has 0 saturated heterocycles. The molecule has 21 heavy (non-hydrogen) atoms. The normalized spacial score (nSPS) is 11.0. The van der Waals surface area contributed by atoms with Gasteiger partial charge in [0.25, 0.3) is 5.69 Å². The molecule has 0 radical (unpaired) electrons. The maximum atomic E-state index is 11.4. The van der Waals surface area contributed by atoms with Crippen molar-refractivity contribution in [2.45, 2.75) is 6.92 Å². The van der Waals surface area contributed by atoms with Gasteiger partial charge in [-0.3, -0.25) is 10.1 Å². The van der Waals surface area contributed by atoms with Crippen LogP contribution in [0, 0.1) is 10.1 Å². The molecule has 0 spiro atoms. The minimum absolute atomic E-state index is 0.0305. The van der Waals surface area contributed by atoms with E-state index >= 15 is 0 Å². The van der Waals surface area contributed by atoms with Crippen molar-refractivity contribution in [2.24, 2.45) is 0 Å². The summed E-state index contributed by atoms with van der Waals surface area (Å²) >= 11 is 0. The second-order valence-electron chi connectivity index (χ2n) is 4.14. The average Bonchev–Trinajstić information content (AvgIpc) is 2.46. The van der Waals surface area contributed by atoms with Gasteiger partial charge in [-0.25, -0.2) is 8.42 Å². The maximum absolute atomic E-state index is 11.4. The molecule has 9 heteroatoms. The Balaban J connectivity index is 3.02. The number of benzene rings is 1. The van der Waals surface area contributed by atoms with Crippen LogP contribution >= 0.6 is 0 Å². The minimum atomic E-state index is -3.14. The number of rotatable bonds is 8. The summed E-state index contributed by atoms with van der Waals surface area (Å²) in [6.45, 7) is 1.63. The molecule has 0 amide bonds. The van der Waals surface area contributed by atoms with Gasteiger partial charge in [0.2, 0.25) is 0 Å². The van der Waals surface area contributed by atoms with Gasteiger partial charge >= 0.3 is 0 Å². The van der Waals surface area contributed by atoms with Crippen molar-refractivity contribution in [1.29, 1.82) is 0 Å². The van der Waals surface area contributed by atoms with Gasteiger partial charge in [-0.1, -0.05) is 6.92 Å². The van der Waals surface area contributed by atoms with Crippen LogP contribution in [0.4, 0.5) is 11.4 Å². The average molecular weight is 318 g/mol. The van der Waals surface area contributed by atoms with E-state index in [4.69, 9.17) is 9.47 Å². The van der Waals surface area contributed by atoms with Gasteiger partial charge in [-0.15, -0.1) is 0 Å². The molecular formula is C12H18N2O6S. The van der Waals surface area contributed by atoms with Crippen LogP contribution in [-0.2, 0) is 9.84 Å². The van der Waals surface area contributed by atoms with Gasteiger partial charge in [-0.05, 0) is 0 Å². The number of hydrogen-bond donors (Lipinski definition) is 1. The number of methoxy groups -OCH3 is 2. The second kappa shape index (κ2) is 7.11. The van der Waals surface area contributed by atoms with Gasteiger partial charge in [0.15, 0.2) is 21.3 Å². The van der Waals surface area contributed by atoms with E-state index in [1.807, 2.05) is 0 Å². The van der Waals surface area contributed by atoms with E-state index in [2.05, 4.69) is 5.32 Å². The summed E-state index contributed by atoms with van der Waals surface area (Å²) in [5.74, 6) is 0.484. The van der Waals surface area contributed by atoms with Crippen molar-refractivity contribution >= 4 is 21.2 Å². The van der Waals surface area contributed by atoms with E-state index in [-0.39, 0.29) is 35.2 Å². The van der Waals surface area contributed by atoms with Crippen LogP contribution in [0.25, 0.3) is 0 Å². The lowest BCUT2D eigenvalue weighted by atomic mass is 10.2. The number of nitrogens with one attached hydrogen (secondary N) is 1. The van der Waals surface area contributed by atoms with Gasteiger partial charge in [0.1, 0.15) is 5.69 Å². The number of nitrogens with zero attached hydrogens (tertiary/aromatic N) is 1. The van der Waals surface area contributed by atoms with Crippen LogP contribution in [-0.4, -0.2) is 45.6 Å². The molecule has 0 aliphatic carbocycles. The summed E-state index contributed by atoms with van der Waals surface area (Å²) in [7, 11) is -0.350. The fourth-order valence-corrected chi connectivity index (χ4v) is 2.35. The Bertz CT molecular complexity index is 614. The number of anilines is 1. The summed E-state index contributed by atoms with van der Waals surface area (Å²) in [5.41, 5.74) is -0.0227. The predicted octanol–water partition coefficient (Wildman–Crippen LogP) is 1.46. The molecule has 1 aromatic rings.